The van der Waals surface area contributed by atoms with Crippen LogP contribution in [-0.2, 0) is 26.4 Å². The molecule has 0 spiro atoms. The molecule has 98 valence electrons. The summed E-state index contributed by atoms with van der Waals surface area (Å²) in [7, 11) is 1.99. The van der Waals surface area contributed by atoms with Crippen molar-refractivity contribution in [2.75, 3.05) is 0 Å². The van der Waals surface area contributed by atoms with Crippen molar-refractivity contribution < 1.29 is 0 Å². The maximum absolute atomic E-state index is 5.64. The average molecular weight is 254 g/mol. The Balaban J connectivity index is 1.78. The van der Waals surface area contributed by atoms with Gasteiger partial charge in [0.2, 0.25) is 0 Å². The van der Waals surface area contributed by atoms with E-state index >= 15 is 0 Å². The van der Waals surface area contributed by atoms with Gasteiger partial charge in [0, 0.05) is 30.3 Å². The number of fused-ring (bicyclic) bond motifs is 1. The molecular formula is C15H18N4. The zero-order chi connectivity index (χ0) is 13.2. The minimum Gasteiger partial charge on any atom is -0.361 e. The third-order valence-corrected chi connectivity index (χ3v) is 3.53. The topological polar surface area (TPSA) is 59.6 Å². The van der Waals surface area contributed by atoms with Crippen molar-refractivity contribution >= 4 is 10.9 Å². The molecule has 0 aliphatic heterocycles. The van der Waals surface area contributed by atoms with E-state index in [2.05, 4.69) is 46.6 Å². The fourth-order valence-corrected chi connectivity index (χ4v) is 2.48. The fraction of sp³-hybridized carbons (Fsp3) is 0.267. The second kappa shape index (κ2) is 4.90. The average Bonchev–Trinajstić information content (AvgIpc) is 3.00. The van der Waals surface area contributed by atoms with E-state index in [9.17, 15) is 0 Å². The summed E-state index contributed by atoms with van der Waals surface area (Å²) in [4.78, 5) is 7.84. The normalized spacial score (nSPS) is 11.3. The number of H-pyrrole nitrogens is 1. The van der Waals surface area contributed by atoms with Crippen LogP contribution in [-0.4, -0.2) is 14.5 Å². The van der Waals surface area contributed by atoms with Crippen LogP contribution in [0.25, 0.3) is 10.9 Å². The highest BCUT2D eigenvalue weighted by atomic mass is 15.1. The molecule has 4 heteroatoms. The summed E-state index contributed by atoms with van der Waals surface area (Å²) in [6, 6.07) is 8.39. The van der Waals surface area contributed by atoms with Crippen LogP contribution < -0.4 is 5.73 Å². The van der Waals surface area contributed by atoms with Crippen molar-refractivity contribution in [3.05, 3.63) is 53.7 Å². The number of para-hydroxylation sites is 1. The molecular weight excluding hydrogens is 236 g/mol. The number of imidazole rings is 1. The van der Waals surface area contributed by atoms with Crippen LogP contribution in [0.2, 0.25) is 0 Å². The van der Waals surface area contributed by atoms with Crippen LogP contribution in [0.5, 0.6) is 0 Å². The van der Waals surface area contributed by atoms with E-state index in [0.29, 0.717) is 6.54 Å². The molecule has 0 saturated carbocycles. The minimum absolute atomic E-state index is 0.490. The number of aromatic amines is 1. The highest BCUT2D eigenvalue weighted by molar-refractivity contribution is 5.83. The lowest BCUT2D eigenvalue weighted by molar-refractivity contribution is 0.793. The van der Waals surface area contributed by atoms with Gasteiger partial charge >= 0.3 is 0 Å². The number of aromatic nitrogens is 3. The van der Waals surface area contributed by atoms with E-state index < -0.39 is 0 Å². The van der Waals surface area contributed by atoms with Crippen molar-refractivity contribution in [2.24, 2.45) is 12.8 Å². The Bertz CT molecular complexity index is 693. The predicted molar refractivity (Wildman–Crippen MR) is 76.8 cm³/mol. The van der Waals surface area contributed by atoms with Crippen molar-refractivity contribution in [3.63, 3.8) is 0 Å². The van der Waals surface area contributed by atoms with Gasteiger partial charge in [0.05, 0.1) is 12.2 Å². The molecule has 0 amide bonds. The van der Waals surface area contributed by atoms with Gasteiger partial charge in [-0.2, -0.15) is 0 Å². The molecule has 0 aliphatic carbocycles. The first-order chi connectivity index (χ1) is 9.28. The van der Waals surface area contributed by atoms with Crippen LogP contribution in [0, 0.1) is 0 Å². The van der Waals surface area contributed by atoms with Crippen molar-refractivity contribution in [3.8, 4) is 0 Å². The Labute approximate surface area is 112 Å². The Morgan fingerprint density at radius 3 is 2.89 bits per heavy atom. The van der Waals surface area contributed by atoms with E-state index in [1.54, 1.807) is 0 Å². The van der Waals surface area contributed by atoms with Gasteiger partial charge < -0.3 is 15.3 Å². The number of nitrogens with one attached hydrogen (secondary N) is 1. The number of benzene rings is 1. The Hall–Kier alpha value is -2.07. The van der Waals surface area contributed by atoms with E-state index in [1.807, 2.05) is 11.6 Å². The summed E-state index contributed by atoms with van der Waals surface area (Å²) < 4.78 is 2.00. The summed E-state index contributed by atoms with van der Waals surface area (Å²) in [5, 5.41) is 1.30. The molecule has 0 atom stereocenters. The smallest absolute Gasteiger partial charge is 0.122 e. The van der Waals surface area contributed by atoms with Crippen LogP contribution in [0.15, 0.2) is 36.7 Å². The summed E-state index contributed by atoms with van der Waals surface area (Å²) >= 11 is 0. The van der Waals surface area contributed by atoms with Gasteiger partial charge in [-0.3, -0.25) is 0 Å². The van der Waals surface area contributed by atoms with Gasteiger partial charge in [-0.15, -0.1) is 0 Å². The molecule has 0 unspecified atom stereocenters. The predicted octanol–water partition coefficient (Wildman–Crippen LogP) is 2.15. The molecule has 0 aliphatic rings. The Morgan fingerprint density at radius 2 is 2.11 bits per heavy atom. The van der Waals surface area contributed by atoms with E-state index in [4.69, 9.17) is 5.73 Å². The zero-order valence-electron chi connectivity index (χ0n) is 11.1. The lowest BCUT2D eigenvalue weighted by Gasteiger charge is -1.97. The summed E-state index contributed by atoms with van der Waals surface area (Å²) in [5.41, 5.74) is 9.28. The molecule has 2 heterocycles. The lowest BCUT2D eigenvalue weighted by Crippen LogP contribution is -2.03. The van der Waals surface area contributed by atoms with E-state index in [1.165, 1.54) is 16.5 Å². The summed E-state index contributed by atoms with van der Waals surface area (Å²) in [5.74, 6) is 0.939. The third-order valence-electron chi connectivity index (χ3n) is 3.53. The van der Waals surface area contributed by atoms with E-state index in [0.717, 1.165) is 24.4 Å². The second-order valence-corrected chi connectivity index (χ2v) is 4.82. The van der Waals surface area contributed by atoms with Gasteiger partial charge in [-0.05, 0) is 24.5 Å². The zero-order valence-corrected chi connectivity index (χ0v) is 11.1. The molecule has 3 aromatic rings. The van der Waals surface area contributed by atoms with Crippen LogP contribution in [0.3, 0.4) is 0 Å². The number of hydrogen-bond acceptors (Lipinski definition) is 2. The number of aryl methyl sites for hydroxylation is 3. The first kappa shape index (κ1) is 12.0. The highest BCUT2D eigenvalue weighted by Crippen LogP contribution is 2.19. The Morgan fingerprint density at radius 1 is 1.26 bits per heavy atom. The maximum atomic E-state index is 5.64. The SMILES string of the molecule is Cn1cc(CCc2c[nH]c3ccccc23)nc1CN. The van der Waals surface area contributed by atoms with Crippen LogP contribution >= 0.6 is 0 Å². The summed E-state index contributed by atoms with van der Waals surface area (Å²) in [6.07, 6.45) is 6.09. The van der Waals surface area contributed by atoms with E-state index in [-0.39, 0.29) is 0 Å². The number of nitrogens with zero attached hydrogens (tertiary/aromatic N) is 2. The molecule has 0 bridgehead atoms. The van der Waals surface area contributed by atoms with Crippen LogP contribution in [0.1, 0.15) is 17.1 Å². The van der Waals surface area contributed by atoms with Crippen molar-refractivity contribution in [1.29, 1.82) is 0 Å². The molecule has 19 heavy (non-hydrogen) atoms. The molecule has 4 nitrogen and oxygen atoms in total. The molecule has 0 fully saturated rings. The third kappa shape index (κ3) is 2.27. The first-order valence-electron chi connectivity index (χ1n) is 6.54. The molecule has 1 aromatic carbocycles. The summed E-state index contributed by atoms with van der Waals surface area (Å²) in [6.45, 7) is 0.490. The first-order valence-corrected chi connectivity index (χ1v) is 6.54. The maximum Gasteiger partial charge on any atom is 0.122 e. The molecule has 3 rings (SSSR count). The monoisotopic (exact) mass is 254 g/mol. The largest absolute Gasteiger partial charge is 0.361 e. The fourth-order valence-electron chi connectivity index (χ4n) is 2.48. The minimum atomic E-state index is 0.490. The second-order valence-electron chi connectivity index (χ2n) is 4.82. The standard InChI is InChI=1S/C15H18N4/c1-19-10-12(18-15(19)8-16)7-6-11-9-17-14-5-3-2-4-13(11)14/h2-5,9-10,17H,6-8,16H2,1H3. The quantitative estimate of drug-likeness (QED) is 0.749. The number of hydrogen-bond donors (Lipinski definition) is 2. The van der Waals surface area contributed by atoms with Gasteiger partial charge in [-0.25, -0.2) is 4.98 Å². The Kier molecular flexibility index (Phi) is 3.09. The molecule has 2 aromatic heterocycles. The highest BCUT2D eigenvalue weighted by Gasteiger charge is 2.06. The molecule has 0 saturated heterocycles. The van der Waals surface area contributed by atoms with Gasteiger partial charge in [0.1, 0.15) is 5.82 Å². The number of nitrogens with two attached hydrogens (primary N) is 1. The number of rotatable bonds is 4. The molecule has 3 N–H and O–H groups in total. The lowest BCUT2D eigenvalue weighted by atomic mass is 10.1. The molecule has 0 radical (unpaired) electrons. The van der Waals surface area contributed by atoms with Gasteiger partial charge in [-0.1, -0.05) is 18.2 Å². The van der Waals surface area contributed by atoms with Crippen molar-refractivity contribution in [1.82, 2.24) is 14.5 Å². The van der Waals surface area contributed by atoms with Gasteiger partial charge in [0.15, 0.2) is 0 Å². The van der Waals surface area contributed by atoms with Gasteiger partial charge in [0.25, 0.3) is 0 Å². The van der Waals surface area contributed by atoms with Crippen LogP contribution in [0.4, 0.5) is 0 Å². The van der Waals surface area contributed by atoms with Crippen molar-refractivity contribution in [2.45, 2.75) is 19.4 Å².